The summed E-state index contributed by atoms with van der Waals surface area (Å²) in [6.07, 6.45) is 5.79. The number of aromatic nitrogens is 2. The van der Waals surface area contributed by atoms with Crippen molar-refractivity contribution in [2.75, 3.05) is 19.6 Å². The van der Waals surface area contributed by atoms with Crippen molar-refractivity contribution in [1.29, 1.82) is 5.26 Å². The van der Waals surface area contributed by atoms with Crippen LogP contribution in [-0.4, -0.2) is 45.9 Å². The van der Waals surface area contributed by atoms with E-state index in [9.17, 15) is 9.59 Å². The van der Waals surface area contributed by atoms with E-state index < -0.39 is 0 Å². The molecule has 2 heterocycles. The molecule has 0 spiro atoms. The minimum absolute atomic E-state index is 0.0262. The van der Waals surface area contributed by atoms with Gasteiger partial charge >= 0.3 is 0 Å². The zero-order valence-corrected chi connectivity index (χ0v) is 19.5. The molecule has 3 aromatic rings. The van der Waals surface area contributed by atoms with Crippen molar-refractivity contribution in [2.24, 2.45) is 5.92 Å². The molecule has 0 radical (unpaired) electrons. The molecule has 7 nitrogen and oxygen atoms in total. The predicted octanol–water partition coefficient (Wildman–Crippen LogP) is 3.67. The number of amides is 2. The largest absolute Gasteiger partial charge is 0.355 e. The monoisotopic (exact) mass is 475 g/mol. The molecule has 1 fully saturated rings. The normalized spacial score (nSPS) is 15.5. The highest BCUT2D eigenvalue weighted by atomic mass is 35.5. The lowest BCUT2D eigenvalue weighted by molar-refractivity contribution is -0.126. The van der Waals surface area contributed by atoms with Crippen LogP contribution in [0.25, 0.3) is 0 Å². The zero-order chi connectivity index (χ0) is 23.9. The molecule has 0 aliphatic carbocycles. The van der Waals surface area contributed by atoms with Crippen LogP contribution in [0.2, 0.25) is 5.02 Å². The molecule has 1 saturated heterocycles. The van der Waals surface area contributed by atoms with Gasteiger partial charge in [0.15, 0.2) is 0 Å². The lowest BCUT2D eigenvalue weighted by atomic mass is 9.96. The summed E-state index contributed by atoms with van der Waals surface area (Å²) < 4.78 is 2.04. The molecule has 34 heavy (non-hydrogen) atoms. The van der Waals surface area contributed by atoms with Crippen LogP contribution in [0.5, 0.6) is 0 Å². The maximum atomic E-state index is 12.8. The van der Waals surface area contributed by atoms with Gasteiger partial charge in [-0.25, -0.2) is 4.98 Å². The fourth-order valence-corrected chi connectivity index (χ4v) is 4.41. The second kappa shape index (κ2) is 11.0. The first-order chi connectivity index (χ1) is 16.5. The van der Waals surface area contributed by atoms with Gasteiger partial charge in [-0.1, -0.05) is 29.8 Å². The number of halogens is 1. The van der Waals surface area contributed by atoms with Crippen LogP contribution in [0.4, 0.5) is 0 Å². The predicted molar refractivity (Wildman–Crippen MR) is 129 cm³/mol. The van der Waals surface area contributed by atoms with Gasteiger partial charge in [-0.3, -0.25) is 9.59 Å². The van der Waals surface area contributed by atoms with Gasteiger partial charge in [0.25, 0.3) is 5.91 Å². The van der Waals surface area contributed by atoms with Crippen molar-refractivity contribution >= 4 is 23.4 Å². The van der Waals surface area contributed by atoms with Crippen molar-refractivity contribution in [3.8, 4) is 6.07 Å². The van der Waals surface area contributed by atoms with Crippen LogP contribution in [0.15, 0.2) is 61.1 Å². The van der Waals surface area contributed by atoms with Gasteiger partial charge in [0.05, 0.1) is 23.9 Å². The molecule has 1 aliphatic heterocycles. The van der Waals surface area contributed by atoms with Crippen LogP contribution >= 0.6 is 11.6 Å². The number of rotatable bonds is 7. The number of nitrogens with zero attached hydrogens (tertiary/aromatic N) is 4. The van der Waals surface area contributed by atoms with E-state index in [0.29, 0.717) is 48.7 Å². The molecule has 8 heteroatoms. The minimum atomic E-state index is -0.222. The van der Waals surface area contributed by atoms with Gasteiger partial charge in [0.1, 0.15) is 0 Å². The zero-order valence-electron chi connectivity index (χ0n) is 18.8. The van der Waals surface area contributed by atoms with Crippen molar-refractivity contribution in [3.63, 3.8) is 0 Å². The smallest absolute Gasteiger partial charge is 0.253 e. The summed E-state index contributed by atoms with van der Waals surface area (Å²) >= 11 is 6.02. The second-order valence-corrected chi connectivity index (χ2v) is 8.90. The maximum Gasteiger partial charge on any atom is 0.253 e. The van der Waals surface area contributed by atoms with Gasteiger partial charge in [-0.05, 0) is 48.7 Å². The molecular formula is C26H26ClN5O2. The standard InChI is InChI=1S/C26H26ClN5O2/c27-23-5-1-3-21(13-23)26(34)31-12-2-4-22(17-31)25(33)30-11-10-24-15-29-18-32(24)16-20-8-6-19(14-28)7-9-20/h1,3,5-9,13,15,18,22H,2,4,10-12,16-17H2,(H,30,33). The Labute approximate surface area is 204 Å². The Hall–Kier alpha value is -3.63. The molecule has 2 aromatic carbocycles. The molecule has 1 aromatic heterocycles. The van der Waals surface area contributed by atoms with Gasteiger partial charge in [-0.15, -0.1) is 0 Å². The molecule has 1 atom stereocenters. The van der Waals surface area contributed by atoms with Crippen molar-refractivity contribution in [2.45, 2.75) is 25.8 Å². The Morgan fingerprint density at radius 2 is 2.03 bits per heavy atom. The number of hydrogen-bond acceptors (Lipinski definition) is 4. The van der Waals surface area contributed by atoms with E-state index >= 15 is 0 Å². The number of carbonyl (C=O) groups excluding carboxylic acids is 2. The average molecular weight is 476 g/mol. The third-order valence-corrected chi connectivity index (χ3v) is 6.30. The molecule has 1 unspecified atom stereocenters. The fraction of sp³-hybridized carbons (Fsp3) is 0.308. The Morgan fingerprint density at radius 1 is 1.21 bits per heavy atom. The molecule has 1 N–H and O–H groups in total. The lowest BCUT2D eigenvalue weighted by Gasteiger charge is -2.32. The second-order valence-electron chi connectivity index (χ2n) is 8.46. The van der Waals surface area contributed by atoms with Crippen LogP contribution in [0.3, 0.4) is 0 Å². The van der Waals surface area contributed by atoms with E-state index in [0.717, 1.165) is 24.1 Å². The highest BCUT2D eigenvalue weighted by molar-refractivity contribution is 6.30. The SMILES string of the molecule is N#Cc1ccc(Cn2cncc2CCNC(=O)C2CCCN(C(=O)c3cccc(Cl)c3)C2)cc1. The number of imidazole rings is 1. The number of likely N-dealkylation sites (tertiary alicyclic amines) is 1. The van der Waals surface area contributed by atoms with Crippen LogP contribution < -0.4 is 5.32 Å². The molecule has 4 rings (SSSR count). The van der Waals surface area contributed by atoms with Crippen molar-refractivity contribution in [1.82, 2.24) is 19.8 Å². The number of piperidine rings is 1. The summed E-state index contributed by atoms with van der Waals surface area (Å²) in [5.74, 6) is -0.339. The summed E-state index contributed by atoms with van der Waals surface area (Å²) in [4.78, 5) is 31.6. The topological polar surface area (TPSA) is 91.0 Å². The number of benzene rings is 2. The summed E-state index contributed by atoms with van der Waals surface area (Å²) in [5, 5.41) is 12.5. The van der Waals surface area contributed by atoms with Gasteiger partial charge in [0.2, 0.25) is 5.91 Å². The first kappa shape index (κ1) is 23.5. The lowest BCUT2D eigenvalue weighted by Crippen LogP contribution is -2.45. The summed E-state index contributed by atoms with van der Waals surface area (Å²) in [6.45, 7) is 2.20. The van der Waals surface area contributed by atoms with Gasteiger partial charge in [0, 0.05) is 55.1 Å². The summed E-state index contributed by atoms with van der Waals surface area (Å²) in [7, 11) is 0. The van der Waals surface area contributed by atoms with E-state index in [1.165, 1.54) is 0 Å². The van der Waals surface area contributed by atoms with E-state index in [1.807, 2.05) is 22.9 Å². The van der Waals surface area contributed by atoms with Crippen molar-refractivity contribution < 1.29 is 9.59 Å². The van der Waals surface area contributed by atoms with E-state index in [4.69, 9.17) is 16.9 Å². The third-order valence-electron chi connectivity index (χ3n) is 6.07. The Bertz CT molecular complexity index is 1200. The molecule has 2 amide bonds. The number of hydrogen-bond donors (Lipinski definition) is 1. The van der Waals surface area contributed by atoms with Crippen LogP contribution in [0.1, 0.15) is 40.0 Å². The first-order valence-corrected chi connectivity index (χ1v) is 11.7. The number of nitrogens with one attached hydrogen (secondary N) is 1. The quantitative estimate of drug-likeness (QED) is 0.564. The van der Waals surface area contributed by atoms with E-state index in [-0.39, 0.29) is 17.7 Å². The fourth-order valence-electron chi connectivity index (χ4n) is 4.22. The highest BCUT2D eigenvalue weighted by Gasteiger charge is 2.28. The van der Waals surface area contributed by atoms with Gasteiger partial charge in [-0.2, -0.15) is 5.26 Å². The summed E-state index contributed by atoms with van der Waals surface area (Å²) in [6, 6.07) is 16.5. The third kappa shape index (κ3) is 5.83. The Balaban J connectivity index is 1.28. The maximum absolute atomic E-state index is 12.8. The summed E-state index contributed by atoms with van der Waals surface area (Å²) in [5.41, 5.74) is 3.27. The van der Waals surface area contributed by atoms with Crippen molar-refractivity contribution in [3.05, 3.63) is 88.5 Å². The number of carbonyl (C=O) groups is 2. The highest BCUT2D eigenvalue weighted by Crippen LogP contribution is 2.20. The molecule has 1 aliphatic rings. The van der Waals surface area contributed by atoms with Crippen LogP contribution in [0, 0.1) is 17.2 Å². The van der Waals surface area contributed by atoms with E-state index in [1.54, 1.807) is 47.6 Å². The first-order valence-electron chi connectivity index (χ1n) is 11.3. The minimum Gasteiger partial charge on any atom is -0.355 e. The molecule has 0 bridgehead atoms. The molecular weight excluding hydrogens is 450 g/mol. The van der Waals surface area contributed by atoms with E-state index in [2.05, 4.69) is 16.4 Å². The average Bonchev–Trinajstić information content (AvgIpc) is 3.30. The molecule has 0 saturated carbocycles. The molecule has 174 valence electrons. The Morgan fingerprint density at radius 3 is 2.79 bits per heavy atom. The van der Waals surface area contributed by atoms with Crippen LogP contribution in [-0.2, 0) is 17.8 Å². The Kier molecular flexibility index (Phi) is 7.61. The van der Waals surface area contributed by atoms with Gasteiger partial charge < -0.3 is 14.8 Å². The number of nitriles is 1.